The Hall–Kier alpha value is 1.28. The fourth-order valence-electron chi connectivity index (χ4n) is 0.551. The predicted octanol–water partition coefficient (Wildman–Crippen LogP) is 0.296. The maximum absolute atomic E-state index is 8.71. The van der Waals surface area contributed by atoms with Crippen LogP contribution in [0.15, 0.2) is 0 Å². The van der Waals surface area contributed by atoms with Gasteiger partial charge in [-0.05, 0) is 11.5 Å². The summed E-state index contributed by atoms with van der Waals surface area (Å²) >= 11 is 0. The molecule has 0 aliphatic rings. The molecule has 0 saturated heterocycles. The van der Waals surface area contributed by atoms with Gasteiger partial charge in [0.15, 0.2) is 0 Å². The summed E-state index contributed by atoms with van der Waals surface area (Å²) in [5.74, 6) is 1.29. The monoisotopic (exact) mass is 236 g/mol. The molecular weight excluding hydrogens is 224 g/mol. The molecule has 0 atom stereocenters. The van der Waals surface area contributed by atoms with Crippen LogP contribution < -0.4 is 0 Å². The maximum Gasteiger partial charge on any atom is 0.277 e. The zero-order chi connectivity index (χ0) is 7.49. The Bertz CT molecular complexity index is 129. The van der Waals surface area contributed by atoms with Gasteiger partial charge < -0.3 is 14.7 Å². The van der Waals surface area contributed by atoms with Crippen LogP contribution >= 0.6 is 6.72 Å². The van der Waals surface area contributed by atoms with Crippen LogP contribution in [0.2, 0.25) is 0 Å². The Balaban J connectivity index is 0. The number of hydrogen-bond donors (Lipinski definition) is 3. The van der Waals surface area contributed by atoms with E-state index in [0.717, 1.165) is 0 Å². The number of rotatable bonds is 2. The summed E-state index contributed by atoms with van der Waals surface area (Å²) in [6, 6.07) is 0. The van der Waals surface area contributed by atoms with Crippen LogP contribution in [-0.4, -0.2) is 26.2 Å². The predicted molar refractivity (Wildman–Crippen MR) is 42.0 cm³/mol. The molecule has 0 aromatic carbocycles. The maximum atomic E-state index is 8.71. The van der Waals surface area contributed by atoms with E-state index in [-0.39, 0.29) is 19.5 Å². The van der Waals surface area contributed by atoms with Crippen molar-refractivity contribution >= 4 is 16.8 Å². The van der Waals surface area contributed by atoms with E-state index in [1.165, 1.54) is 0 Å². The first kappa shape index (κ1) is 13.8. The molecule has 0 heterocycles. The van der Waals surface area contributed by atoms with Crippen molar-refractivity contribution < 1.29 is 34.2 Å². The summed E-state index contributed by atoms with van der Waals surface area (Å²) in [6.07, 6.45) is 0. The van der Waals surface area contributed by atoms with Crippen molar-refractivity contribution in [1.82, 2.24) is 0 Å². The summed E-state index contributed by atoms with van der Waals surface area (Å²) in [5.41, 5.74) is 0. The molecule has 0 aliphatic carbocycles. The van der Waals surface area contributed by atoms with E-state index in [2.05, 4.69) is 0 Å². The third-order valence-corrected chi connectivity index (χ3v) is 6.67. The molecule has 0 bridgehead atoms. The van der Waals surface area contributed by atoms with Crippen LogP contribution in [0.4, 0.5) is 0 Å². The van der Waals surface area contributed by atoms with Gasteiger partial charge in [-0.1, -0.05) is 13.8 Å². The average Bonchev–Trinajstić information content (AvgIpc) is 1.65. The van der Waals surface area contributed by atoms with Gasteiger partial charge in [0.1, 0.15) is 0 Å². The average molecular weight is 238 g/mol. The van der Waals surface area contributed by atoms with Crippen LogP contribution in [0.5, 0.6) is 0 Å². The molecule has 0 aromatic rings. The van der Waals surface area contributed by atoms with Crippen molar-refractivity contribution in [3.8, 4) is 0 Å². The van der Waals surface area contributed by atoms with Gasteiger partial charge in [0.2, 0.25) is 0 Å². The van der Waals surface area contributed by atoms with Crippen molar-refractivity contribution in [1.29, 1.82) is 0 Å². The summed E-state index contributed by atoms with van der Waals surface area (Å²) < 4.78 is 0. The normalized spacial score (nSPS) is 11.4. The summed E-state index contributed by atoms with van der Waals surface area (Å²) in [5, 5.41) is 0. The molecule has 0 rings (SSSR count). The first-order valence-electron chi connectivity index (χ1n) is 2.77. The molecule has 0 aliphatic heterocycles. The van der Waals surface area contributed by atoms with Crippen molar-refractivity contribution in [3.63, 3.8) is 0 Å². The van der Waals surface area contributed by atoms with E-state index < -0.39 is 16.8 Å². The fraction of sp³-hybridized carbons (Fsp3) is 1.00. The Labute approximate surface area is 76.4 Å². The smallest absolute Gasteiger partial charge is 0.277 e. The molecule has 0 saturated carbocycles. The van der Waals surface area contributed by atoms with Crippen LogP contribution in [0.25, 0.3) is 0 Å². The second kappa shape index (κ2) is 5.87. The van der Waals surface area contributed by atoms with Gasteiger partial charge in [0.25, 0.3) is 6.72 Å². The van der Waals surface area contributed by atoms with E-state index in [4.69, 9.17) is 14.7 Å². The van der Waals surface area contributed by atoms with Crippen molar-refractivity contribution in [3.05, 3.63) is 0 Å². The van der Waals surface area contributed by atoms with Gasteiger partial charge >= 0.3 is 0 Å². The third-order valence-electron chi connectivity index (χ3n) is 1.01. The van der Waals surface area contributed by atoms with E-state index in [1.54, 1.807) is 0 Å². The Kier molecular flexibility index (Phi) is 8.13. The molecule has 3 nitrogen and oxygen atoms in total. The Morgan fingerprint density at radius 1 is 1.10 bits per heavy atom. The first-order valence-corrected chi connectivity index (χ1v) is 6.59. The molecule has 0 spiro atoms. The second-order valence-electron chi connectivity index (χ2n) is 1.55. The van der Waals surface area contributed by atoms with E-state index >= 15 is 0 Å². The minimum Gasteiger partial charge on any atom is -0.329 e. The van der Waals surface area contributed by atoms with Gasteiger partial charge in [0, 0.05) is 19.5 Å². The minimum atomic E-state index is -3.50. The van der Waals surface area contributed by atoms with Crippen LogP contribution in [0, 0.1) is 0 Å². The summed E-state index contributed by atoms with van der Waals surface area (Å²) in [7, 11) is -0.578. The fourth-order valence-corrected chi connectivity index (χ4v) is 3.73. The summed E-state index contributed by atoms with van der Waals surface area (Å²) in [4.78, 5) is 26.1. The molecule has 0 radical (unpaired) electrons. The zero-order valence-corrected chi connectivity index (χ0v) is 11.0. The largest absolute Gasteiger partial charge is 0.329 e. The molecule has 0 unspecified atom stereocenters. The van der Waals surface area contributed by atoms with Crippen LogP contribution in [0.1, 0.15) is 13.8 Å². The van der Waals surface area contributed by atoms with Gasteiger partial charge in [-0.3, -0.25) is 0 Å². The first-order chi connectivity index (χ1) is 4.02. The van der Waals surface area contributed by atoms with Crippen molar-refractivity contribution in [2.24, 2.45) is 0 Å². The molecule has 60 valence electrons. The Morgan fingerprint density at radius 3 is 1.40 bits per heavy atom. The summed E-state index contributed by atoms with van der Waals surface area (Å²) in [6.45, 7) is 0.177. The molecular formula is C4H13O3PSZn. The minimum absolute atomic E-state index is 0. The SMILES string of the molecule is CCS(CC)=P(O)(O)O.[Zn]. The van der Waals surface area contributed by atoms with Gasteiger partial charge in [0.05, 0.1) is 0 Å². The number of hydrogen-bond acceptors (Lipinski definition) is 0. The van der Waals surface area contributed by atoms with Gasteiger partial charge in [-0.15, -0.1) is 10.1 Å². The quantitative estimate of drug-likeness (QED) is 0.478. The molecule has 0 aromatic heterocycles. The second-order valence-corrected chi connectivity index (χ2v) is 7.68. The standard InChI is InChI=1S/C4H13O3PS.Zn/c1-3-9(4-2)8(5,6)7;/h5-7H,3-4H2,1-2H3;. The van der Waals surface area contributed by atoms with Crippen LogP contribution in [0.3, 0.4) is 0 Å². The molecule has 0 fully saturated rings. The molecule has 6 heteroatoms. The Morgan fingerprint density at radius 2 is 1.40 bits per heavy atom. The van der Waals surface area contributed by atoms with E-state index in [1.807, 2.05) is 13.8 Å². The topological polar surface area (TPSA) is 60.7 Å². The molecule has 3 N–H and O–H groups in total. The van der Waals surface area contributed by atoms with Gasteiger partial charge in [-0.25, -0.2) is 0 Å². The van der Waals surface area contributed by atoms with E-state index in [0.29, 0.717) is 11.5 Å². The molecule has 10 heavy (non-hydrogen) atoms. The zero-order valence-electron chi connectivity index (χ0n) is 6.32. The van der Waals surface area contributed by atoms with E-state index in [9.17, 15) is 0 Å². The third kappa shape index (κ3) is 5.00. The van der Waals surface area contributed by atoms with Crippen LogP contribution in [-0.2, 0) is 29.6 Å². The van der Waals surface area contributed by atoms with Gasteiger partial charge in [-0.2, -0.15) is 0 Å². The molecule has 0 amide bonds. The van der Waals surface area contributed by atoms with Crippen molar-refractivity contribution in [2.45, 2.75) is 13.8 Å². The van der Waals surface area contributed by atoms with Crippen molar-refractivity contribution in [2.75, 3.05) is 11.5 Å².